The molecule has 0 unspecified atom stereocenters. The summed E-state index contributed by atoms with van der Waals surface area (Å²) in [5, 5.41) is 0. The summed E-state index contributed by atoms with van der Waals surface area (Å²) in [5.41, 5.74) is 3.44. The van der Waals surface area contributed by atoms with Crippen LogP contribution < -0.4 is 0 Å². The van der Waals surface area contributed by atoms with Crippen LogP contribution >= 0.6 is 0 Å². The molecule has 0 N–H and O–H groups in total. The molecule has 1 heterocycles. The number of carbonyl (C=O) groups excluding carboxylic acids is 2. The topological polar surface area (TPSA) is 69.2 Å². The highest BCUT2D eigenvalue weighted by Gasteiger charge is 2.39. The standard InChI is InChI=1S/C24H28N2O3/c1-6-29-22(28)17-10-7-16(8-11-17)9-12-19(27)18-15-25-20-21(26-18)24(4,5)14-13-23(20,2)3/h7-12,15H,6,13-14H2,1-5H3/b12-9+. The lowest BCUT2D eigenvalue weighted by Gasteiger charge is -2.39. The van der Waals surface area contributed by atoms with Crippen molar-refractivity contribution >= 4 is 17.8 Å². The van der Waals surface area contributed by atoms with E-state index >= 15 is 0 Å². The summed E-state index contributed by atoms with van der Waals surface area (Å²) in [7, 11) is 0. The highest BCUT2D eigenvalue weighted by molar-refractivity contribution is 6.05. The van der Waals surface area contributed by atoms with Crippen molar-refractivity contribution in [3.05, 3.63) is 64.7 Å². The number of rotatable bonds is 5. The largest absolute Gasteiger partial charge is 0.462 e. The first-order chi connectivity index (χ1) is 13.6. The smallest absolute Gasteiger partial charge is 0.338 e. The summed E-state index contributed by atoms with van der Waals surface area (Å²) >= 11 is 0. The number of esters is 1. The van der Waals surface area contributed by atoms with Crippen molar-refractivity contribution in [3.63, 3.8) is 0 Å². The summed E-state index contributed by atoms with van der Waals surface area (Å²) in [5.74, 6) is -0.539. The zero-order chi connectivity index (χ0) is 21.2. The van der Waals surface area contributed by atoms with E-state index in [0.29, 0.717) is 17.9 Å². The van der Waals surface area contributed by atoms with Crippen molar-refractivity contribution in [2.75, 3.05) is 6.61 Å². The average molecular weight is 392 g/mol. The number of benzene rings is 1. The van der Waals surface area contributed by atoms with Crippen LogP contribution in [0.25, 0.3) is 6.08 Å². The first kappa shape index (κ1) is 20.9. The molecular weight excluding hydrogens is 364 g/mol. The van der Waals surface area contributed by atoms with Gasteiger partial charge in [0.1, 0.15) is 5.69 Å². The summed E-state index contributed by atoms with van der Waals surface area (Å²) in [4.78, 5) is 33.7. The molecule has 0 amide bonds. The second-order valence-electron chi connectivity index (χ2n) is 8.76. The number of allylic oxidation sites excluding steroid dienone is 1. The minimum Gasteiger partial charge on any atom is -0.462 e. The molecule has 0 bridgehead atoms. The van der Waals surface area contributed by atoms with Gasteiger partial charge in [-0.3, -0.25) is 9.78 Å². The third-order valence-corrected chi connectivity index (χ3v) is 5.53. The van der Waals surface area contributed by atoms with Gasteiger partial charge in [0.2, 0.25) is 5.78 Å². The molecule has 0 radical (unpaired) electrons. The Morgan fingerprint density at radius 3 is 2.28 bits per heavy atom. The van der Waals surface area contributed by atoms with Gasteiger partial charge >= 0.3 is 5.97 Å². The minimum atomic E-state index is -0.353. The number of nitrogens with zero attached hydrogens (tertiary/aromatic N) is 2. The van der Waals surface area contributed by atoms with Gasteiger partial charge in [-0.2, -0.15) is 0 Å². The van der Waals surface area contributed by atoms with Crippen LogP contribution in [0.2, 0.25) is 0 Å². The summed E-state index contributed by atoms with van der Waals surface area (Å²) in [6, 6.07) is 6.93. The lowest BCUT2D eigenvalue weighted by Crippen LogP contribution is -2.36. The Morgan fingerprint density at radius 2 is 1.66 bits per heavy atom. The van der Waals surface area contributed by atoms with Crippen LogP contribution in [0.4, 0.5) is 0 Å². The number of aromatic nitrogens is 2. The number of carbonyl (C=O) groups is 2. The van der Waals surface area contributed by atoms with E-state index in [-0.39, 0.29) is 22.6 Å². The number of hydrogen-bond acceptors (Lipinski definition) is 5. The molecule has 3 rings (SSSR count). The Kier molecular flexibility index (Phi) is 5.69. The van der Waals surface area contributed by atoms with Crippen LogP contribution in [-0.4, -0.2) is 28.3 Å². The first-order valence-corrected chi connectivity index (χ1v) is 10.0. The van der Waals surface area contributed by atoms with Crippen LogP contribution in [0.15, 0.2) is 36.5 Å². The van der Waals surface area contributed by atoms with Gasteiger partial charge in [0.15, 0.2) is 0 Å². The molecule has 1 aromatic carbocycles. The zero-order valence-electron chi connectivity index (χ0n) is 17.8. The van der Waals surface area contributed by atoms with Crippen molar-refractivity contribution in [1.29, 1.82) is 0 Å². The lowest BCUT2D eigenvalue weighted by atomic mass is 9.67. The minimum absolute atomic E-state index is 0.0318. The fourth-order valence-corrected chi connectivity index (χ4v) is 3.54. The van der Waals surface area contributed by atoms with Gasteiger partial charge in [0.25, 0.3) is 0 Å². The fourth-order valence-electron chi connectivity index (χ4n) is 3.54. The van der Waals surface area contributed by atoms with Crippen LogP contribution in [0.5, 0.6) is 0 Å². The Hall–Kier alpha value is -2.82. The second-order valence-corrected chi connectivity index (χ2v) is 8.76. The van der Waals surface area contributed by atoms with Gasteiger partial charge in [0.05, 0.1) is 29.8 Å². The van der Waals surface area contributed by atoms with Crippen LogP contribution in [0.1, 0.15) is 85.3 Å². The van der Waals surface area contributed by atoms with E-state index in [1.54, 1.807) is 43.5 Å². The molecular formula is C24H28N2O3. The molecule has 2 aromatic rings. The Morgan fingerprint density at radius 1 is 1.03 bits per heavy atom. The van der Waals surface area contributed by atoms with Crippen LogP contribution in [-0.2, 0) is 15.6 Å². The number of fused-ring (bicyclic) bond motifs is 1. The van der Waals surface area contributed by atoms with E-state index in [2.05, 4.69) is 32.7 Å². The third kappa shape index (κ3) is 4.44. The SMILES string of the molecule is CCOC(=O)c1ccc(/C=C/C(=O)c2cnc3c(n2)C(C)(C)CCC3(C)C)cc1. The second kappa shape index (κ2) is 7.90. The molecule has 0 spiro atoms. The Bertz CT molecular complexity index is 957. The van der Waals surface area contributed by atoms with E-state index in [1.165, 1.54) is 6.08 Å². The highest BCUT2D eigenvalue weighted by atomic mass is 16.5. The third-order valence-electron chi connectivity index (χ3n) is 5.53. The van der Waals surface area contributed by atoms with Crippen molar-refractivity contribution in [2.45, 2.75) is 58.3 Å². The number of hydrogen-bond donors (Lipinski definition) is 0. The van der Waals surface area contributed by atoms with E-state index in [1.807, 2.05) is 0 Å². The molecule has 29 heavy (non-hydrogen) atoms. The van der Waals surface area contributed by atoms with Gasteiger partial charge in [-0.1, -0.05) is 45.9 Å². The predicted molar refractivity (Wildman–Crippen MR) is 113 cm³/mol. The number of ketones is 1. The van der Waals surface area contributed by atoms with Gasteiger partial charge in [0, 0.05) is 10.8 Å². The Labute approximate surface area is 172 Å². The maximum absolute atomic E-state index is 12.7. The Balaban J connectivity index is 1.80. The van der Waals surface area contributed by atoms with Crippen molar-refractivity contribution in [1.82, 2.24) is 9.97 Å². The molecule has 1 aliphatic rings. The molecule has 1 aliphatic carbocycles. The molecule has 0 fully saturated rings. The maximum Gasteiger partial charge on any atom is 0.338 e. The normalized spacial score (nSPS) is 17.0. The first-order valence-electron chi connectivity index (χ1n) is 10.0. The molecule has 0 aliphatic heterocycles. The van der Waals surface area contributed by atoms with E-state index < -0.39 is 0 Å². The van der Waals surface area contributed by atoms with Gasteiger partial charge in [-0.15, -0.1) is 0 Å². The molecule has 152 valence electrons. The average Bonchev–Trinajstić information content (AvgIpc) is 2.70. The molecule has 0 saturated carbocycles. The van der Waals surface area contributed by atoms with Crippen LogP contribution in [0.3, 0.4) is 0 Å². The fraction of sp³-hybridized carbons (Fsp3) is 0.417. The lowest BCUT2D eigenvalue weighted by molar-refractivity contribution is 0.0526. The molecule has 0 saturated heterocycles. The van der Waals surface area contributed by atoms with Crippen LogP contribution in [0, 0.1) is 0 Å². The quantitative estimate of drug-likeness (QED) is 0.411. The van der Waals surface area contributed by atoms with Crippen molar-refractivity contribution in [2.24, 2.45) is 0 Å². The molecule has 0 atom stereocenters. The molecule has 5 nitrogen and oxygen atoms in total. The monoisotopic (exact) mass is 392 g/mol. The summed E-state index contributed by atoms with van der Waals surface area (Å²) in [6.45, 7) is 10.8. The zero-order valence-corrected chi connectivity index (χ0v) is 17.8. The van der Waals surface area contributed by atoms with E-state index in [0.717, 1.165) is 29.8 Å². The molecule has 1 aromatic heterocycles. The maximum atomic E-state index is 12.7. The van der Waals surface area contributed by atoms with Crippen molar-refractivity contribution in [3.8, 4) is 0 Å². The van der Waals surface area contributed by atoms with E-state index in [4.69, 9.17) is 9.72 Å². The van der Waals surface area contributed by atoms with Gasteiger partial charge in [-0.25, -0.2) is 9.78 Å². The van der Waals surface area contributed by atoms with Gasteiger partial charge in [-0.05, 0) is 43.5 Å². The summed E-state index contributed by atoms with van der Waals surface area (Å²) < 4.78 is 4.97. The van der Waals surface area contributed by atoms with E-state index in [9.17, 15) is 9.59 Å². The van der Waals surface area contributed by atoms with Gasteiger partial charge < -0.3 is 4.74 Å². The predicted octanol–water partition coefficient (Wildman–Crippen LogP) is 4.90. The highest BCUT2D eigenvalue weighted by Crippen LogP contribution is 2.43. The number of ether oxygens (including phenoxy) is 1. The summed E-state index contributed by atoms with van der Waals surface area (Å²) in [6.07, 6.45) is 6.86. The van der Waals surface area contributed by atoms with Crippen molar-refractivity contribution < 1.29 is 14.3 Å². The molecule has 5 heteroatoms.